The molecule has 0 aliphatic heterocycles. The predicted molar refractivity (Wildman–Crippen MR) is 74.0 cm³/mol. The first kappa shape index (κ1) is 15.1. The highest BCUT2D eigenvalue weighted by atomic mass is 15.1. The van der Waals surface area contributed by atoms with Crippen LogP contribution in [0.15, 0.2) is 30.3 Å². The number of allylic oxidation sites excluding steroid dienone is 1. The Bertz CT molecular complexity index is 209. The van der Waals surface area contributed by atoms with E-state index in [0.717, 1.165) is 32.2 Å². The van der Waals surface area contributed by atoms with E-state index in [-0.39, 0.29) is 6.17 Å². The molecule has 16 heavy (non-hydrogen) atoms. The molecule has 1 N–H and O–H groups in total. The minimum Gasteiger partial charge on any atom is -0.295 e. The van der Waals surface area contributed by atoms with Crippen LogP contribution in [0.5, 0.6) is 0 Å². The maximum absolute atomic E-state index is 4.56. The lowest BCUT2D eigenvalue weighted by atomic mass is 10.0. The third kappa shape index (κ3) is 7.41. The van der Waals surface area contributed by atoms with Gasteiger partial charge in [-0.05, 0) is 31.6 Å². The molecule has 0 saturated heterocycles. The van der Waals surface area contributed by atoms with Gasteiger partial charge in [0, 0.05) is 12.8 Å². The van der Waals surface area contributed by atoms with Gasteiger partial charge in [-0.15, -0.1) is 13.2 Å². The molecule has 0 radical (unpaired) electrons. The summed E-state index contributed by atoms with van der Waals surface area (Å²) >= 11 is 0. The van der Waals surface area contributed by atoms with Crippen LogP contribution >= 0.6 is 0 Å². The van der Waals surface area contributed by atoms with Crippen LogP contribution in [0.25, 0.3) is 0 Å². The van der Waals surface area contributed by atoms with Gasteiger partial charge in [-0.3, -0.25) is 10.3 Å². The standard InChI is InChI=1S/C14H26N2/c1-5-8-10-13(4)14(15-11-7-3)16-12-9-6-2/h5-6,11,13-14,16H,1-2,7-10,12H2,3-4H3/b15-11-. The lowest BCUT2D eigenvalue weighted by molar-refractivity contribution is 0.373. The third-order valence-electron chi connectivity index (χ3n) is 2.52. The van der Waals surface area contributed by atoms with Crippen LogP contribution in [0.3, 0.4) is 0 Å². The van der Waals surface area contributed by atoms with Crippen molar-refractivity contribution >= 4 is 6.21 Å². The van der Waals surface area contributed by atoms with Crippen molar-refractivity contribution in [2.45, 2.75) is 45.7 Å². The first-order chi connectivity index (χ1) is 7.76. The molecular formula is C14H26N2. The molecule has 0 spiro atoms. The Morgan fingerprint density at radius 3 is 2.50 bits per heavy atom. The zero-order valence-electron chi connectivity index (χ0n) is 10.8. The number of rotatable bonds is 10. The van der Waals surface area contributed by atoms with Crippen molar-refractivity contribution in [3.8, 4) is 0 Å². The van der Waals surface area contributed by atoms with Crippen LogP contribution in [0.4, 0.5) is 0 Å². The fraction of sp³-hybridized carbons (Fsp3) is 0.643. The van der Waals surface area contributed by atoms with Crippen molar-refractivity contribution in [3.63, 3.8) is 0 Å². The fourth-order valence-electron chi connectivity index (χ4n) is 1.49. The second-order valence-electron chi connectivity index (χ2n) is 4.06. The number of hydrogen-bond donors (Lipinski definition) is 1. The van der Waals surface area contributed by atoms with Crippen molar-refractivity contribution in [2.75, 3.05) is 6.54 Å². The van der Waals surface area contributed by atoms with E-state index in [0.29, 0.717) is 5.92 Å². The van der Waals surface area contributed by atoms with Gasteiger partial charge in [0.05, 0.1) is 0 Å². The van der Waals surface area contributed by atoms with Gasteiger partial charge in [0.25, 0.3) is 0 Å². The molecule has 0 fully saturated rings. The molecular weight excluding hydrogens is 196 g/mol. The molecule has 0 aliphatic carbocycles. The van der Waals surface area contributed by atoms with Crippen molar-refractivity contribution in [1.82, 2.24) is 5.32 Å². The first-order valence-electron chi connectivity index (χ1n) is 6.23. The van der Waals surface area contributed by atoms with Gasteiger partial charge in [0.1, 0.15) is 6.17 Å². The molecule has 2 nitrogen and oxygen atoms in total. The zero-order valence-corrected chi connectivity index (χ0v) is 10.8. The van der Waals surface area contributed by atoms with E-state index in [1.54, 1.807) is 0 Å². The summed E-state index contributed by atoms with van der Waals surface area (Å²) in [7, 11) is 0. The van der Waals surface area contributed by atoms with Crippen LogP contribution < -0.4 is 5.32 Å². The minimum absolute atomic E-state index is 0.236. The highest BCUT2D eigenvalue weighted by Gasteiger charge is 2.13. The molecule has 0 aromatic heterocycles. The molecule has 0 aromatic carbocycles. The Kier molecular flexibility index (Phi) is 10.0. The molecule has 2 unspecified atom stereocenters. The van der Waals surface area contributed by atoms with E-state index in [2.05, 4.69) is 37.3 Å². The normalized spacial score (nSPS) is 14.9. The van der Waals surface area contributed by atoms with Crippen molar-refractivity contribution < 1.29 is 0 Å². The number of aliphatic imine (C=N–C) groups is 1. The molecule has 0 amide bonds. The molecule has 2 atom stereocenters. The Labute approximate surface area is 101 Å². The van der Waals surface area contributed by atoms with Crippen LogP contribution in [-0.4, -0.2) is 18.9 Å². The topological polar surface area (TPSA) is 24.4 Å². The van der Waals surface area contributed by atoms with E-state index in [9.17, 15) is 0 Å². The molecule has 92 valence electrons. The summed E-state index contributed by atoms with van der Waals surface area (Å²) in [5.41, 5.74) is 0. The Morgan fingerprint density at radius 2 is 1.94 bits per heavy atom. The quantitative estimate of drug-likeness (QED) is 0.341. The molecule has 2 heteroatoms. The molecule has 0 bridgehead atoms. The average Bonchev–Trinajstić information content (AvgIpc) is 2.30. The van der Waals surface area contributed by atoms with Gasteiger partial charge in [0.2, 0.25) is 0 Å². The van der Waals surface area contributed by atoms with Gasteiger partial charge in [-0.2, -0.15) is 0 Å². The molecule has 0 aliphatic rings. The average molecular weight is 222 g/mol. The summed E-state index contributed by atoms with van der Waals surface area (Å²) in [6.45, 7) is 12.8. The monoisotopic (exact) mass is 222 g/mol. The summed E-state index contributed by atoms with van der Waals surface area (Å²) in [5, 5.41) is 3.46. The summed E-state index contributed by atoms with van der Waals surface area (Å²) < 4.78 is 0. The molecule has 0 aromatic rings. The number of nitrogens with one attached hydrogen (secondary N) is 1. The Morgan fingerprint density at radius 1 is 1.25 bits per heavy atom. The van der Waals surface area contributed by atoms with Gasteiger partial charge in [0.15, 0.2) is 0 Å². The third-order valence-corrected chi connectivity index (χ3v) is 2.52. The minimum atomic E-state index is 0.236. The maximum Gasteiger partial charge on any atom is 0.102 e. The summed E-state index contributed by atoms with van der Waals surface area (Å²) in [6, 6.07) is 0. The van der Waals surface area contributed by atoms with Crippen LogP contribution in [0, 0.1) is 5.92 Å². The fourth-order valence-corrected chi connectivity index (χ4v) is 1.49. The van der Waals surface area contributed by atoms with Crippen LogP contribution in [-0.2, 0) is 0 Å². The largest absolute Gasteiger partial charge is 0.295 e. The lowest BCUT2D eigenvalue weighted by Crippen LogP contribution is -2.34. The maximum atomic E-state index is 4.56. The van der Waals surface area contributed by atoms with E-state index in [1.807, 2.05) is 18.4 Å². The summed E-state index contributed by atoms with van der Waals surface area (Å²) in [5.74, 6) is 0.547. The SMILES string of the molecule is C=CCCNC(/N=C\CC)C(C)CCC=C. The van der Waals surface area contributed by atoms with Crippen molar-refractivity contribution in [1.29, 1.82) is 0 Å². The van der Waals surface area contributed by atoms with Gasteiger partial charge < -0.3 is 0 Å². The summed E-state index contributed by atoms with van der Waals surface area (Å²) in [6.07, 6.45) is 10.3. The van der Waals surface area contributed by atoms with E-state index < -0.39 is 0 Å². The molecule has 0 heterocycles. The first-order valence-corrected chi connectivity index (χ1v) is 6.23. The predicted octanol–water partition coefficient (Wildman–Crippen LogP) is 3.56. The number of nitrogens with zero attached hydrogens (tertiary/aromatic N) is 1. The zero-order chi connectivity index (χ0) is 12.2. The number of hydrogen-bond acceptors (Lipinski definition) is 2. The van der Waals surface area contributed by atoms with E-state index >= 15 is 0 Å². The van der Waals surface area contributed by atoms with Crippen LogP contribution in [0.1, 0.15) is 39.5 Å². The van der Waals surface area contributed by atoms with Crippen LogP contribution in [0.2, 0.25) is 0 Å². The highest BCUT2D eigenvalue weighted by Crippen LogP contribution is 2.12. The van der Waals surface area contributed by atoms with Gasteiger partial charge in [-0.25, -0.2) is 0 Å². The molecule has 0 rings (SSSR count). The van der Waals surface area contributed by atoms with E-state index in [4.69, 9.17) is 0 Å². The molecule has 0 saturated carbocycles. The smallest absolute Gasteiger partial charge is 0.102 e. The Hall–Kier alpha value is -0.890. The van der Waals surface area contributed by atoms with Crippen molar-refractivity contribution in [3.05, 3.63) is 25.3 Å². The highest BCUT2D eigenvalue weighted by molar-refractivity contribution is 5.56. The lowest BCUT2D eigenvalue weighted by Gasteiger charge is -2.21. The second-order valence-corrected chi connectivity index (χ2v) is 4.06. The van der Waals surface area contributed by atoms with E-state index in [1.165, 1.54) is 0 Å². The summed E-state index contributed by atoms with van der Waals surface area (Å²) in [4.78, 5) is 4.56. The Balaban J connectivity index is 4.10. The van der Waals surface area contributed by atoms with Gasteiger partial charge in [-0.1, -0.05) is 26.0 Å². The van der Waals surface area contributed by atoms with Crippen molar-refractivity contribution in [2.24, 2.45) is 10.9 Å². The van der Waals surface area contributed by atoms with Gasteiger partial charge >= 0.3 is 0 Å². The second kappa shape index (κ2) is 10.6.